The van der Waals surface area contributed by atoms with Crippen molar-refractivity contribution in [2.45, 2.75) is 25.5 Å². The third kappa shape index (κ3) is 4.90. The highest BCUT2D eigenvalue weighted by Crippen LogP contribution is 2.10. The van der Waals surface area contributed by atoms with Crippen molar-refractivity contribution in [1.82, 2.24) is 9.80 Å². The Kier molecular flexibility index (Phi) is 5.31. The van der Waals surface area contributed by atoms with E-state index in [0.29, 0.717) is 0 Å². The highest BCUT2D eigenvalue weighted by molar-refractivity contribution is 5.15. The molecule has 1 saturated heterocycles. The summed E-state index contributed by atoms with van der Waals surface area (Å²) in [4.78, 5) is 4.64. The van der Waals surface area contributed by atoms with Gasteiger partial charge in [0.05, 0.1) is 6.10 Å². The molecule has 4 heteroatoms. The van der Waals surface area contributed by atoms with Crippen LogP contribution in [0.1, 0.15) is 18.4 Å². The van der Waals surface area contributed by atoms with Crippen LogP contribution in [-0.4, -0.2) is 54.2 Å². The summed E-state index contributed by atoms with van der Waals surface area (Å²) in [6.45, 7) is 4.85. The van der Waals surface area contributed by atoms with Gasteiger partial charge < -0.3 is 14.9 Å². The zero-order valence-electron chi connectivity index (χ0n) is 11.6. The fourth-order valence-electron chi connectivity index (χ4n) is 2.44. The number of likely N-dealkylation sites (N-methyl/N-ethyl adjacent to an activating group) is 1. The molecule has 1 aromatic carbocycles. The number of hydrogen-bond acceptors (Lipinski definition) is 3. The number of aliphatic hydroxyl groups excluding tert-OH is 1. The lowest BCUT2D eigenvalue weighted by Crippen LogP contribution is -2.40. The Bertz CT molecular complexity index is 374. The molecule has 1 aromatic rings. The van der Waals surface area contributed by atoms with Crippen molar-refractivity contribution in [3.63, 3.8) is 0 Å². The third-order valence-electron chi connectivity index (χ3n) is 3.72. The fraction of sp³-hybridized carbons (Fsp3) is 0.600. The van der Waals surface area contributed by atoms with Crippen LogP contribution in [0.5, 0.6) is 0 Å². The number of halogens is 1. The van der Waals surface area contributed by atoms with E-state index in [9.17, 15) is 9.50 Å². The second kappa shape index (κ2) is 6.98. The molecule has 1 fully saturated rings. The number of benzene rings is 1. The molecule has 0 aromatic heterocycles. The molecule has 1 heterocycles. The third-order valence-corrected chi connectivity index (χ3v) is 3.72. The van der Waals surface area contributed by atoms with Crippen LogP contribution in [0.4, 0.5) is 4.39 Å². The minimum Gasteiger partial charge on any atom is -0.393 e. The molecule has 19 heavy (non-hydrogen) atoms. The molecular weight excluding hydrogens is 243 g/mol. The first kappa shape index (κ1) is 14.4. The summed E-state index contributed by atoms with van der Waals surface area (Å²) in [6.07, 6.45) is 1.68. The summed E-state index contributed by atoms with van der Waals surface area (Å²) in [6, 6.07) is 6.69. The zero-order valence-corrected chi connectivity index (χ0v) is 11.6. The number of aliphatic hydroxyl groups is 1. The Labute approximate surface area is 114 Å². The van der Waals surface area contributed by atoms with Gasteiger partial charge in [-0.05, 0) is 37.6 Å². The summed E-state index contributed by atoms with van der Waals surface area (Å²) in [5.74, 6) is -0.182. The van der Waals surface area contributed by atoms with Gasteiger partial charge in [0, 0.05) is 32.7 Å². The summed E-state index contributed by atoms with van der Waals surface area (Å²) in [7, 11) is 2.09. The maximum Gasteiger partial charge on any atom is 0.123 e. The zero-order chi connectivity index (χ0) is 13.7. The van der Waals surface area contributed by atoms with Crippen LogP contribution in [0, 0.1) is 5.82 Å². The first-order chi connectivity index (χ1) is 9.13. The SMILES string of the molecule is CN(CCN1CCC(O)CC1)Cc1ccc(F)cc1. The van der Waals surface area contributed by atoms with Crippen molar-refractivity contribution in [3.8, 4) is 0 Å². The smallest absolute Gasteiger partial charge is 0.123 e. The van der Waals surface area contributed by atoms with Gasteiger partial charge in [-0.15, -0.1) is 0 Å². The Morgan fingerprint density at radius 1 is 1.26 bits per heavy atom. The van der Waals surface area contributed by atoms with Gasteiger partial charge >= 0.3 is 0 Å². The van der Waals surface area contributed by atoms with Crippen molar-refractivity contribution in [2.24, 2.45) is 0 Å². The van der Waals surface area contributed by atoms with Crippen molar-refractivity contribution < 1.29 is 9.50 Å². The molecule has 0 unspecified atom stereocenters. The molecule has 2 rings (SSSR count). The molecule has 0 bridgehead atoms. The topological polar surface area (TPSA) is 26.7 Å². The van der Waals surface area contributed by atoms with Crippen molar-refractivity contribution in [2.75, 3.05) is 33.2 Å². The standard InChI is InChI=1S/C15H23FN2O/c1-17(12-13-2-4-14(16)5-3-13)10-11-18-8-6-15(19)7-9-18/h2-5,15,19H,6-12H2,1H3. The lowest BCUT2D eigenvalue weighted by atomic mass is 10.1. The first-order valence-corrected chi connectivity index (χ1v) is 6.97. The predicted molar refractivity (Wildman–Crippen MR) is 74.4 cm³/mol. The van der Waals surface area contributed by atoms with E-state index in [2.05, 4.69) is 16.8 Å². The van der Waals surface area contributed by atoms with Crippen molar-refractivity contribution >= 4 is 0 Å². The van der Waals surface area contributed by atoms with E-state index in [0.717, 1.165) is 51.1 Å². The number of rotatable bonds is 5. The minimum absolute atomic E-state index is 0.104. The molecule has 0 atom stereocenters. The van der Waals surface area contributed by atoms with E-state index in [-0.39, 0.29) is 11.9 Å². The maximum absolute atomic E-state index is 12.8. The van der Waals surface area contributed by atoms with Crippen LogP contribution in [0.3, 0.4) is 0 Å². The molecule has 1 aliphatic heterocycles. The first-order valence-electron chi connectivity index (χ1n) is 6.97. The summed E-state index contributed by atoms with van der Waals surface area (Å²) >= 11 is 0. The molecule has 0 amide bonds. The van der Waals surface area contributed by atoms with Crippen LogP contribution in [-0.2, 0) is 6.54 Å². The Hall–Kier alpha value is -0.970. The monoisotopic (exact) mass is 266 g/mol. The second-order valence-corrected chi connectivity index (χ2v) is 5.44. The quantitative estimate of drug-likeness (QED) is 0.879. The average Bonchev–Trinajstić information content (AvgIpc) is 2.41. The van der Waals surface area contributed by atoms with Gasteiger partial charge in [-0.25, -0.2) is 4.39 Å². The molecule has 0 aliphatic carbocycles. The van der Waals surface area contributed by atoms with E-state index in [1.165, 1.54) is 12.1 Å². The Balaban J connectivity index is 1.69. The summed E-state index contributed by atoms with van der Waals surface area (Å²) in [5.41, 5.74) is 1.14. The van der Waals surface area contributed by atoms with Gasteiger partial charge in [-0.1, -0.05) is 12.1 Å². The predicted octanol–water partition coefficient (Wildman–Crippen LogP) is 1.71. The molecule has 0 spiro atoms. The normalized spacial score (nSPS) is 18.1. The molecule has 0 radical (unpaired) electrons. The average molecular weight is 266 g/mol. The van der Waals surface area contributed by atoms with Gasteiger partial charge in [0.1, 0.15) is 5.82 Å². The largest absolute Gasteiger partial charge is 0.393 e. The van der Waals surface area contributed by atoms with Crippen molar-refractivity contribution in [1.29, 1.82) is 0 Å². The van der Waals surface area contributed by atoms with E-state index >= 15 is 0 Å². The van der Waals surface area contributed by atoms with Crippen LogP contribution in [0.25, 0.3) is 0 Å². The van der Waals surface area contributed by atoms with Gasteiger partial charge in [-0.2, -0.15) is 0 Å². The van der Waals surface area contributed by atoms with Crippen LogP contribution in [0.2, 0.25) is 0 Å². The summed E-state index contributed by atoms with van der Waals surface area (Å²) < 4.78 is 12.8. The van der Waals surface area contributed by atoms with E-state index in [1.807, 2.05) is 12.1 Å². The molecule has 0 saturated carbocycles. The number of likely N-dealkylation sites (tertiary alicyclic amines) is 1. The van der Waals surface area contributed by atoms with E-state index < -0.39 is 0 Å². The number of nitrogens with zero attached hydrogens (tertiary/aromatic N) is 2. The summed E-state index contributed by atoms with van der Waals surface area (Å²) in [5, 5.41) is 9.45. The van der Waals surface area contributed by atoms with Crippen molar-refractivity contribution in [3.05, 3.63) is 35.6 Å². The molecule has 1 aliphatic rings. The molecule has 3 nitrogen and oxygen atoms in total. The molecular formula is C15H23FN2O. The highest BCUT2D eigenvalue weighted by atomic mass is 19.1. The Morgan fingerprint density at radius 2 is 1.89 bits per heavy atom. The second-order valence-electron chi connectivity index (χ2n) is 5.44. The van der Waals surface area contributed by atoms with Gasteiger partial charge in [0.25, 0.3) is 0 Å². The maximum atomic E-state index is 12.8. The van der Waals surface area contributed by atoms with Gasteiger partial charge in [0.2, 0.25) is 0 Å². The van der Waals surface area contributed by atoms with Gasteiger partial charge in [0.15, 0.2) is 0 Å². The number of hydrogen-bond donors (Lipinski definition) is 1. The lowest BCUT2D eigenvalue weighted by molar-refractivity contribution is 0.0779. The van der Waals surface area contributed by atoms with Crippen LogP contribution >= 0.6 is 0 Å². The van der Waals surface area contributed by atoms with Gasteiger partial charge in [-0.3, -0.25) is 0 Å². The fourth-order valence-corrected chi connectivity index (χ4v) is 2.44. The molecule has 1 N–H and O–H groups in total. The van der Waals surface area contributed by atoms with Crippen LogP contribution in [0.15, 0.2) is 24.3 Å². The highest BCUT2D eigenvalue weighted by Gasteiger charge is 2.16. The van der Waals surface area contributed by atoms with E-state index in [1.54, 1.807) is 0 Å². The molecule has 106 valence electrons. The van der Waals surface area contributed by atoms with E-state index in [4.69, 9.17) is 0 Å². The minimum atomic E-state index is -0.182. The van der Waals surface area contributed by atoms with Crippen LogP contribution < -0.4 is 0 Å². The lowest BCUT2D eigenvalue weighted by Gasteiger charge is -2.30. The Morgan fingerprint density at radius 3 is 2.53 bits per heavy atom. The number of piperidine rings is 1.